The Labute approximate surface area is 181 Å². The number of imidazole rings is 1. The van der Waals surface area contributed by atoms with Gasteiger partial charge in [-0.05, 0) is 44.1 Å². The van der Waals surface area contributed by atoms with Gasteiger partial charge in [0, 0.05) is 28.5 Å². The molecular formula is C26H27N3O2. The summed E-state index contributed by atoms with van der Waals surface area (Å²) in [7, 11) is 1.47. The summed E-state index contributed by atoms with van der Waals surface area (Å²) in [6.07, 6.45) is 16.6. The second-order valence-corrected chi connectivity index (χ2v) is 9.01. The fourth-order valence-electron chi connectivity index (χ4n) is 5.90. The highest BCUT2D eigenvalue weighted by molar-refractivity contribution is 6.13. The van der Waals surface area contributed by atoms with Gasteiger partial charge in [-0.1, -0.05) is 43.5 Å². The van der Waals surface area contributed by atoms with Crippen molar-refractivity contribution in [3.8, 4) is 0 Å². The molecule has 31 heavy (non-hydrogen) atoms. The zero-order chi connectivity index (χ0) is 21.1. The Bertz CT molecular complexity index is 1380. The molecule has 5 nitrogen and oxygen atoms in total. The quantitative estimate of drug-likeness (QED) is 0.388. The number of hydrogen-bond acceptors (Lipinski definition) is 3. The standard InChI is InChI=1S/C26H27N3O2/c1-16-14-28-15-27-23-18(17-8-4-3-5-9-17)12-13-20(25(23)28)24-22(26(30)31-2)19-10-6-7-11-21(19)29(16)24/h6,10,12-15,17H,3-5,7-9,11H2,1-2H3. The number of hydrogen-bond donors (Lipinski definition) is 0. The zero-order valence-corrected chi connectivity index (χ0v) is 18.1. The molecule has 0 spiro atoms. The molecule has 4 aromatic rings. The predicted octanol–water partition coefficient (Wildman–Crippen LogP) is 5.84. The molecule has 5 heteroatoms. The van der Waals surface area contributed by atoms with Crippen LogP contribution in [0.1, 0.15) is 77.3 Å². The Kier molecular flexibility index (Phi) is 4.20. The van der Waals surface area contributed by atoms with E-state index in [1.165, 1.54) is 50.5 Å². The molecule has 158 valence electrons. The topological polar surface area (TPSA) is 48.0 Å². The smallest absolute Gasteiger partial charge is 0.340 e. The highest BCUT2D eigenvalue weighted by Gasteiger charge is 2.28. The number of esters is 1. The Hall–Kier alpha value is -3.08. The lowest BCUT2D eigenvalue weighted by molar-refractivity contribution is 0.0603. The van der Waals surface area contributed by atoms with E-state index >= 15 is 0 Å². The van der Waals surface area contributed by atoms with Gasteiger partial charge in [0.2, 0.25) is 0 Å². The van der Waals surface area contributed by atoms with Gasteiger partial charge in [0.25, 0.3) is 0 Å². The summed E-state index contributed by atoms with van der Waals surface area (Å²) in [5, 5.41) is 1.06. The van der Waals surface area contributed by atoms with Crippen LogP contribution in [-0.2, 0) is 11.2 Å². The van der Waals surface area contributed by atoms with Crippen molar-refractivity contribution in [1.29, 1.82) is 0 Å². The number of allylic oxidation sites excluding steroid dienone is 1. The summed E-state index contributed by atoms with van der Waals surface area (Å²) in [4.78, 5) is 17.9. The average Bonchev–Trinajstić information content (AvgIpc) is 3.35. The molecule has 0 unspecified atom stereocenters. The molecule has 1 saturated carbocycles. The molecule has 0 radical (unpaired) electrons. The third kappa shape index (κ3) is 2.62. The van der Waals surface area contributed by atoms with E-state index in [-0.39, 0.29) is 5.97 Å². The van der Waals surface area contributed by atoms with E-state index in [4.69, 9.17) is 9.72 Å². The molecule has 0 saturated heterocycles. The summed E-state index contributed by atoms with van der Waals surface area (Å²) in [6.45, 7) is 2.11. The predicted molar refractivity (Wildman–Crippen MR) is 123 cm³/mol. The summed E-state index contributed by atoms with van der Waals surface area (Å²) in [5.41, 5.74) is 8.42. The first-order valence-corrected chi connectivity index (χ1v) is 11.4. The maximum absolute atomic E-state index is 13.0. The molecule has 3 heterocycles. The van der Waals surface area contributed by atoms with Gasteiger partial charge < -0.3 is 13.5 Å². The molecule has 1 fully saturated rings. The van der Waals surface area contributed by atoms with Gasteiger partial charge >= 0.3 is 5.97 Å². The first-order valence-electron chi connectivity index (χ1n) is 11.4. The normalized spacial score (nSPS) is 17.0. The van der Waals surface area contributed by atoms with Crippen LogP contribution >= 0.6 is 0 Å². The molecule has 0 atom stereocenters. The van der Waals surface area contributed by atoms with Gasteiger partial charge in [0.1, 0.15) is 0 Å². The number of methoxy groups -OCH3 is 1. The van der Waals surface area contributed by atoms with E-state index in [9.17, 15) is 4.79 Å². The van der Waals surface area contributed by atoms with Crippen LogP contribution in [0.5, 0.6) is 0 Å². The van der Waals surface area contributed by atoms with E-state index in [1.54, 1.807) is 0 Å². The van der Waals surface area contributed by atoms with Gasteiger partial charge in [-0.3, -0.25) is 0 Å². The average molecular weight is 414 g/mol. The van der Waals surface area contributed by atoms with Crippen molar-refractivity contribution in [2.45, 2.75) is 57.8 Å². The van der Waals surface area contributed by atoms with Crippen molar-refractivity contribution in [3.63, 3.8) is 0 Å². The Morgan fingerprint density at radius 3 is 2.81 bits per heavy atom. The van der Waals surface area contributed by atoms with Crippen LogP contribution in [0.25, 0.3) is 28.0 Å². The minimum atomic E-state index is -0.276. The number of nitrogens with zero attached hydrogens (tertiary/aromatic N) is 3. The lowest BCUT2D eigenvalue weighted by atomic mass is 9.83. The molecule has 3 aromatic heterocycles. The van der Waals surface area contributed by atoms with Crippen molar-refractivity contribution >= 4 is 34.0 Å². The van der Waals surface area contributed by atoms with Crippen molar-refractivity contribution in [3.05, 3.63) is 58.8 Å². The highest BCUT2D eigenvalue weighted by Crippen LogP contribution is 2.40. The van der Waals surface area contributed by atoms with Crippen LogP contribution in [0.4, 0.5) is 0 Å². The maximum atomic E-state index is 13.0. The lowest BCUT2D eigenvalue weighted by Crippen LogP contribution is -2.05. The Balaban J connectivity index is 1.78. The second kappa shape index (κ2) is 6.98. The largest absolute Gasteiger partial charge is 0.465 e. The number of aryl methyl sites for hydroxylation is 2. The summed E-state index contributed by atoms with van der Waals surface area (Å²) >= 11 is 0. The van der Waals surface area contributed by atoms with Crippen LogP contribution in [-0.4, -0.2) is 26.9 Å². The highest BCUT2D eigenvalue weighted by atomic mass is 16.5. The number of carbonyl (C=O) groups excluding carboxylic acids is 1. The van der Waals surface area contributed by atoms with Crippen LogP contribution in [0.2, 0.25) is 0 Å². The minimum absolute atomic E-state index is 0.276. The molecule has 0 amide bonds. The van der Waals surface area contributed by atoms with Crippen LogP contribution in [0.3, 0.4) is 0 Å². The second-order valence-electron chi connectivity index (χ2n) is 9.01. The van der Waals surface area contributed by atoms with Crippen molar-refractivity contribution in [2.24, 2.45) is 0 Å². The van der Waals surface area contributed by atoms with E-state index in [0.29, 0.717) is 11.5 Å². The molecule has 0 aliphatic heterocycles. The van der Waals surface area contributed by atoms with E-state index in [2.05, 4.69) is 46.2 Å². The molecular weight excluding hydrogens is 386 g/mol. The van der Waals surface area contributed by atoms with Crippen LogP contribution < -0.4 is 0 Å². The zero-order valence-electron chi connectivity index (χ0n) is 18.1. The molecule has 1 aromatic carbocycles. The van der Waals surface area contributed by atoms with Crippen molar-refractivity contribution < 1.29 is 9.53 Å². The SMILES string of the molecule is COC(=O)c1c2c(n3c(C)cn4cnc5c(C6CCCCC6)ccc(c54)c13)CCC=C2. The summed E-state index contributed by atoms with van der Waals surface area (Å²) < 4.78 is 9.67. The number of aromatic nitrogens is 3. The van der Waals surface area contributed by atoms with E-state index in [1.807, 2.05) is 6.33 Å². The van der Waals surface area contributed by atoms with Gasteiger partial charge in [0.05, 0.1) is 35.6 Å². The first kappa shape index (κ1) is 18.7. The number of fused-ring (bicyclic) bond motifs is 4. The number of benzene rings is 1. The fraction of sp³-hybridized carbons (Fsp3) is 0.385. The van der Waals surface area contributed by atoms with Gasteiger partial charge in [0.15, 0.2) is 0 Å². The fourth-order valence-corrected chi connectivity index (χ4v) is 5.90. The third-order valence-electron chi connectivity index (χ3n) is 7.26. The molecule has 6 rings (SSSR count). The number of rotatable bonds is 2. The number of ether oxygens (including phenoxy) is 1. The monoisotopic (exact) mass is 413 g/mol. The third-order valence-corrected chi connectivity index (χ3v) is 7.26. The van der Waals surface area contributed by atoms with Gasteiger partial charge in [-0.2, -0.15) is 0 Å². The van der Waals surface area contributed by atoms with E-state index in [0.717, 1.165) is 46.0 Å². The summed E-state index contributed by atoms with van der Waals surface area (Å²) in [5.74, 6) is 0.296. The van der Waals surface area contributed by atoms with E-state index < -0.39 is 0 Å². The van der Waals surface area contributed by atoms with Gasteiger partial charge in [-0.15, -0.1) is 0 Å². The lowest BCUT2D eigenvalue weighted by Gasteiger charge is -2.22. The van der Waals surface area contributed by atoms with Gasteiger partial charge in [-0.25, -0.2) is 9.78 Å². The molecule has 2 aliphatic carbocycles. The Morgan fingerprint density at radius 2 is 2.00 bits per heavy atom. The molecule has 0 N–H and O–H groups in total. The Morgan fingerprint density at radius 1 is 1.16 bits per heavy atom. The molecule has 0 bridgehead atoms. The van der Waals surface area contributed by atoms with Crippen molar-refractivity contribution in [2.75, 3.05) is 7.11 Å². The summed E-state index contributed by atoms with van der Waals surface area (Å²) in [6, 6.07) is 4.48. The van der Waals surface area contributed by atoms with Crippen molar-refractivity contribution in [1.82, 2.24) is 13.8 Å². The van der Waals surface area contributed by atoms with Crippen LogP contribution in [0.15, 0.2) is 30.7 Å². The maximum Gasteiger partial charge on any atom is 0.340 e. The first-order chi connectivity index (χ1) is 15.2. The molecule has 2 aliphatic rings. The van der Waals surface area contributed by atoms with Crippen LogP contribution in [0, 0.1) is 6.92 Å². The minimum Gasteiger partial charge on any atom is -0.465 e. The number of carbonyl (C=O) groups is 1.